The second-order valence-corrected chi connectivity index (χ2v) is 7.93. The van der Waals surface area contributed by atoms with Gasteiger partial charge in [0.05, 0.1) is 12.5 Å². The van der Waals surface area contributed by atoms with E-state index in [0.29, 0.717) is 12.1 Å². The standard InChI is InChI=1S/C23H28N4O2/c24-23(29)25-19-8-5-6-17(14-19)15-22(28)27-13-10-18-7-1-2-9-20(18)21(27)16-26-11-3-4-12-26/h1-2,5-9,14,21H,3-4,10-13,15-16H2,(H3,24,25,29). The number of anilines is 1. The molecule has 0 bridgehead atoms. The molecule has 1 saturated heterocycles. The predicted molar refractivity (Wildman–Crippen MR) is 114 cm³/mol. The Bertz CT molecular complexity index is 892. The number of carbonyl (C=O) groups excluding carboxylic acids is 2. The van der Waals surface area contributed by atoms with E-state index in [1.165, 1.54) is 24.0 Å². The number of nitrogens with zero attached hydrogens (tertiary/aromatic N) is 2. The van der Waals surface area contributed by atoms with Crippen molar-refractivity contribution in [3.05, 3.63) is 65.2 Å². The molecule has 2 aliphatic rings. The molecule has 1 atom stereocenters. The first-order chi connectivity index (χ1) is 14.1. The molecule has 2 aliphatic heterocycles. The Labute approximate surface area is 171 Å². The normalized spacial score (nSPS) is 19.0. The van der Waals surface area contributed by atoms with Crippen molar-refractivity contribution < 1.29 is 9.59 Å². The molecule has 3 amide bonds. The fourth-order valence-electron chi connectivity index (χ4n) is 4.53. The fourth-order valence-corrected chi connectivity index (χ4v) is 4.53. The second kappa shape index (κ2) is 8.66. The quantitative estimate of drug-likeness (QED) is 0.821. The summed E-state index contributed by atoms with van der Waals surface area (Å²) in [7, 11) is 0. The van der Waals surface area contributed by atoms with E-state index in [4.69, 9.17) is 5.73 Å². The van der Waals surface area contributed by atoms with E-state index in [1.807, 2.05) is 18.2 Å². The number of urea groups is 1. The Morgan fingerprint density at radius 1 is 1.03 bits per heavy atom. The first-order valence-electron chi connectivity index (χ1n) is 10.3. The van der Waals surface area contributed by atoms with Crippen molar-refractivity contribution in [3.63, 3.8) is 0 Å². The van der Waals surface area contributed by atoms with Crippen LogP contribution in [0.15, 0.2) is 48.5 Å². The number of fused-ring (bicyclic) bond motifs is 1. The van der Waals surface area contributed by atoms with Crippen LogP contribution in [0, 0.1) is 0 Å². The van der Waals surface area contributed by atoms with Gasteiger partial charge >= 0.3 is 6.03 Å². The smallest absolute Gasteiger partial charge is 0.316 e. The molecule has 3 N–H and O–H groups in total. The summed E-state index contributed by atoms with van der Waals surface area (Å²) in [4.78, 5) is 28.9. The molecule has 6 heteroatoms. The first-order valence-corrected chi connectivity index (χ1v) is 10.3. The van der Waals surface area contributed by atoms with Crippen LogP contribution in [0.2, 0.25) is 0 Å². The Kier molecular flexibility index (Phi) is 5.81. The Morgan fingerprint density at radius 3 is 2.62 bits per heavy atom. The number of carbonyl (C=O) groups is 2. The monoisotopic (exact) mass is 392 g/mol. The minimum atomic E-state index is -0.605. The molecule has 4 rings (SSSR count). The van der Waals surface area contributed by atoms with E-state index in [1.54, 1.807) is 6.07 Å². The van der Waals surface area contributed by atoms with Crippen molar-refractivity contribution in [2.75, 3.05) is 31.5 Å². The van der Waals surface area contributed by atoms with Gasteiger partial charge in [0.1, 0.15) is 0 Å². The van der Waals surface area contributed by atoms with Crippen molar-refractivity contribution in [3.8, 4) is 0 Å². The summed E-state index contributed by atoms with van der Waals surface area (Å²) in [5.74, 6) is 0.125. The molecular formula is C23H28N4O2. The van der Waals surface area contributed by atoms with Gasteiger partial charge < -0.3 is 20.9 Å². The highest BCUT2D eigenvalue weighted by Crippen LogP contribution is 2.32. The van der Waals surface area contributed by atoms with Crippen LogP contribution in [0.25, 0.3) is 0 Å². The lowest BCUT2D eigenvalue weighted by Gasteiger charge is -2.39. The molecule has 2 heterocycles. The highest BCUT2D eigenvalue weighted by molar-refractivity contribution is 5.88. The number of rotatable bonds is 5. The zero-order valence-electron chi connectivity index (χ0n) is 16.6. The van der Waals surface area contributed by atoms with Crippen LogP contribution >= 0.6 is 0 Å². The van der Waals surface area contributed by atoms with Gasteiger partial charge in [-0.05, 0) is 61.2 Å². The highest BCUT2D eigenvalue weighted by Gasteiger charge is 2.32. The Balaban J connectivity index is 1.53. The molecule has 152 valence electrons. The van der Waals surface area contributed by atoms with Crippen LogP contribution in [-0.4, -0.2) is 47.9 Å². The van der Waals surface area contributed by atoms with Crippen molar-refractivity contribution in [2.24, 2.45) is 5.73 Å². The van der Waals surface area contributed by atoms with Crippen LogP contribution in [0.3, 0.4) is 0 Å². The number of hydrogen-bond acceptors (Lipinski definition) is 3. The lowest BCUT2D eigenvalue weighted by atomic mass is 9.91. The maximum atomic E-state index is 13.3. The van der Waals surface area contributed by atoms with Gasteiger partial charge in [0, 0.05) is 18.8 Å². The topological polar surface area (TPSA) is 78.7 Å². The summed E-state index contributed by atoms with van der Waals surface area (Å²) in [6, 6.07) is 15.3. The molecule has 0 spiro atoms. The van der Waals surface area contributed by atoms with Crippen molar-refractivity contribution in [1.29, 1.82) is 0 Å². The van der Waals surface area contributed by atoms with E-state index >= 15 is 0 Å². The summed E-state index contributed by atoms with van der Waals surface area (Å²) >= 11 is 0. The van der Waals surface area contributed by atoms with Gasteiger partial charge in [-0.2, -0.15) is 0 Å². The zero-order chi connectivity index (χ0) is 20.2. The third-order valence-corrected chi connectivity index (χ3v) is 5.91. The summed E-state index contributed by atoms with van der Waals surface area (Å²) in [6.45, 7) is 3.86. The number of hydrogen-bond donors (Lipinski definition) is 2. The molecule has 0 aromatic heterocycles. The molecule has 6 nitrogen and oxygen atoms in total. The molecule has 2 aromatic rings. The average molecular weight is 393 g/mol. The van der Waals surface area contributed by atoms with Gasteiger partial charge in [0.25, 0.3) is 0 Å². The Hall–Kier alpha value is -2.86. The Morgan fingerprint density at radius 2 is 1.83 bits per heavy atom. The second-order valence-electron chi connectivity index (χ2n) is 7.93. The van der Waals surface area contributed by atoms with Crippen molar-refractivity contribution in [2.45, 2.75) is 31.7 Å². The van der Waals surface area contributed by atoms with E-state index in [0.717, 1.165) is 38.2 Å². The summed E-state index contributed by atoms with van der Waals surface area (Å²) in [5, 5.41) is 2.58. The number of primary amides is 1. The molecular weight excluding hydrogens is 364 g/mol. The molecule has 2 aromatic carbocycles. The fraction of sp³-hybridized carbons (Fsp3) is 0.391. The first kappa shape index (κ1) is 19.5. The number of nitrogens with two attached hydrogens (primary N) is 1. The number of likely N-dealkylation sites (tertiary alicyclic amines) is 1. The lowest BCUT2D eigenvalue weighted by Crippen LogP contribution is -2.45. The van der Waals surface area contributed by atoms with E-state index in [-0.39, 0.29) is 11.9 Å². The minimum absolute atomic E-state index is 0.0949. The summed E-state index contributed by atoms with van der Waals surface area (Å²) in [6.07, 6.45) is 3.68. The number of amides is 3. The van der Waals surface area contributed by atoms with Gasteiger partial charge in [0.2, 0.25) is 5.91 Å². The van der Waals surface area contributed by atoms with Crippen molar-refractivity contribution >= 4 is 17.6 Å². The minimum Gasteiger partial charge on any atom is -0.351 e. The molecule has 1 unspecified atom stereocenters. The van der Waals surface area contributed by atoms with Gasteiger partial charge in [-0.1, -0.05) is 36.4 Å². The third kappa shape index (κ3) is 4.59. The predicted octanol–water partition coefficient (Wildman–Crippen LogP) is 2.94. The molecule has 0 aliphatic carbocycles. The number of benzene rings is 2. The SMILES string of the molecule is NC(=O)Nc1cccc(CC(=O)N2CCc3ccccc3C2CN2CCCC2)c1. The van der Waals surface area contributed by atoms with Gasteiger partial charge in [0.15, 0.2) is 0 Å². The molecule has 0 radical (unpaired) electrons. The number of nitrogens with one attached hydrogen (secondary N) is 1. The molecule has 1 fully saturated rings. The van der Waals surface area contributed by atoms with Crippen LogP contribution in [0.5, 0.6) is 0 Å². The van der Waals surface area contributed by atoms with Gasteiger partial charge in [-0.3, -0.25) is 4.79 Å². The summed E-state index contributed by atoms with van der Waals surface area (Å²) in [5.41, 5.74) is 9.33. The third-order valence-electron chi connectivity index (χ3n) is 5.91. The largest absolute Gasteiger partial charge is 0.351 e. The van der Waals surface area contributed by atoms with Crippen LogP contribution < -0.4 is 11.1 Å². The zero-order valence-corrected chi connectivity index (χ0v) is 16.6. The maximum absolute atomic E-state index is 13.3. The van der Waals surface area contributed by atoms with E-state index < -0.39 is 6.03 Å². The van der Waals surface area contributed by atoms with Gasteiger partial charge in [-0.25, -0.2) is 4.79 Å². The highest BCUT2D eigenvalue weighted by atomic mass is 16.2. The van der Waals surface area contributed by atoms with Crippen LogP contribution in [-0.2, 0) is 17.6 Å². The van der Waals surface area contributed by atoms with E-state index in [9.17, 15) is 9.59 Å². The van der Waals surface area contributed by atoms with Crippen molar-refractivity contribution in [1.82, 2.24) is 9.80 Å². The molecule has 0 saturated carbocycles. The summed E-state index contributed by atoms with van der Waals surface area (Å²) < 4.78 is 0. The molecule has 29 heavy (non-hydrogen) atoms. The maximum Gasteiger partial charge on any atom is 0.316 e. The van der Waals surface area contributed by atoms with Gasteiger partial charge in [-0.15, -0.1) is 0 Å². The average Bonchev–Trinajstić information content (AvgIpc) is 3.21. The lowest BCUT2D eigenvalue weighted by molar-refractivity contribution is -0.133. The van der Waals surface area contributed by atoms with E-state index in [2.05, 4.69) is 39.4 Å². The van der Waals surface area contributed by atoms with Crippen LogP contribution in [0.1, 0.15) is 35.6 Å². The van der Waals surface area contributed by atoms with Crippen LogP contribution in [0.4, 0.5) is 10.5 Å².